The molecule has 4 aliphatic rings. The largest absolute Gasteiger partial charge is 0.393 e. The molecule has 8 atom stereocenters. The first-order valence-electron chi connectivity index (χ1n) is 10.1. The van der Waals surface area contributed by atoms with Crippen LogP contribution < -0.4 is 0 Å². The second kappa shape index (κ2) is 5.96. The highest BCUT2D eigenvalue weighted by Gasteiger charge is 2.68. The van der Waals surface area contributed by atoms with Gasteiger partial charge < -0.3 is 20.4 Å². The van der Waals surface area contributed by atoms with E-state index < -0.39 is 41.0 Å². The van der Waals surface area contributed by atoms with Gasteiger partial charge in [-0.3, -0.25) is 9.59 Å². The lowest BCUT2D eigenvalue weighted by Gasteiger charge is -2.60. The number of ketones is 2. The van der Waals surface area contributed by atoms with Gasteiger partial charge in [-0.1, -0.05) is 19.4 Å². The summed E-state index contributed by atoms with van der Waals surface area (Å²) in [5, 5.41) is 41.9. The van der Waals surface area contributed by atoms with Crippen molar-refractivity contribution >= 4 is 11.6 Å². The molecule has 0 amide bonds. The lowest BCUT2D eigenvalue weighted by Crippen LogP contribution is -2.62. The summed E-state index contributed by atoms with van der Waals surface area (Å²) in [6.07, 6.45) is 2.94. The molecule has 0 unspecified atom stereocenters. The number of aliphatic hydroxyl groups is 4. The van der Waals surface area contributed by atoms with Crippen molar-refractivity contribution in [2.75, 3.05) is 6.61 Å². The second-order valence-electron chi connectivity index (χ2n) is 9.71. The average Bonchev–Trinajstić information content (AvgIpc) is 2.87. The molecule has 0 saturated heterocycles. The monoisotopic (exact) mass is 378 g/mol. The zero-order chi connectivity index (χ0) is 19.8. The minimum atomic E-state index is -1.60. The Balaban J connectivity index is 1.74. The summed E-state index contributed by atoms with van der Waals surface area (Å²) in [6, 6.07) is 0. The van der Waals surface area contributed by atoms with Gasteiger partial charge in [-0.05, 0) is 67.8 Å². The summed E-state index contributed by atoms with van der Waals surface area (Å²) >= 11 is 0. The highest BCUT2D eigenvalue weighted by atomic mass is 16.3. The third kappa shape index (κ3) is 2.33. The predicted octanol–water partition coefficient (Wildman–Crippen LogP) is 0.752. The van der Waals surface area contributed by atoms with E-state index in [2.05, 4.69) is 0 Å². The Morgan fingerprint density at radius 3 is 2.59 bits per heavy atom. The van der Waals surface area contributed by atoms with Crippen LogP contribution in [-0.2, 0) is 9.59 Å². The van der Waals surface area contributed by atoms with Gasteiger partial charge in [0.2, 0.25) is 0 Å². The summed E-state index contributed by atoms with van der Waals surface area (Å²) in [5.74, 6) is -0.731. The van der Waals surface area contributed by atoms with Gasteiger partial charge in [0.05, 0.1) is 6.10 Å². The molecule has 0 spiro atoms. The molecule has 0 aromatic carbocycles. The summed E-state index contributed by atoms with van der Waals surface area (Å²) in [4.78, 5) is 24.3. The molecule has 0 aromatic heterocycles. The van der Waals surface area contributed by atoms with E-state index in [1.54, 1.807) is 6.08 Å². The van der Waals surface area contributed by atoms with E-state index in [4.69, 9.17) is 0 Å². The Labute approximate surface area is 159 Å². The number of hydrogen-bond donors (Lipinski definition) is 4. The molecule has 27 heavy (non-hydrogen) atoms. The number of fused-ring (bicyclic) bond motifs is 5. The fraction of sp³-hybridized carbons (Fsp3) is 0.810. The number of Topliss-reactive ketones (excluding diaryl/α,β-unsaturated/α-hetero) is 1. The highest BCUT2D eigenvalue weighted by molar-refractivity contribution is 5.95. The molecule has 0 bridgehead atoms. The Hall–Kier alpha value is -1.08. The second-order valence-corrected chi connectivity index (χ2v) is 9.71. The van der Waals surface area contributed by atoms with Crippen molar-refractivity contribution in [3.8, 4) is 0 Å². The van der Waals surface area contributed by atoms with Crippen molar-refractivity contribution in [2.45, 2.75) is 70.2 Å². The van der Waals surface area contributed by atoms with Gasteiger partial charge in [0, 0.05) is 5.41 Å². The van der Waals surface area contributed by atoms with E-state index in [1.807, 2.05) is 13.8 Å². The van der Waals surface area contributed by atoms with E-state index in [0.717, 1.165) is 18.4 Å². The van der Waals surface area contributed by atoms with Crippen LogP contribution in [0.15, 0.2) is 11.6 Å². The maximum atomic E-state index is 12.4. The highest BCUT2D eigenvalue weighted by Crippen LogP contribution is 2.67. The molecule has 3 saturated carbocycles. The van der Waals surface area contributed by atoms with Gasteiger partial charge in [-0.15, -0.1) is 0 Å². The minimum Gasteiger partial charge on any atom is -0.393 e. The van der Waals surface area contributed by atoms with Crippen LogP contribution in [0.2, 0.25) is 0 Å². The number of carbonyl (C=O) groups excluding carboxylic acids is 2. The van der Waals surface area contributed by atoms with Crippen molar-refractivity contribution < 1.29 is 30.0 Å². The zero-order valence-electron chi connectivity index (χ0n) is 16.0. The lowest BCUT2D eigenvalue weighted by atomic mass is 9.45. The average molecular weight is 378 g/mol. The first-order chi connectivity index (χ1) is 12.6. The molecular weight excluding hydrogens is 348 g/mol. The van der Waals surface area contributed by atoms with E-state index in [9.17, 15) is 30.0 Å². The van der Waals surface area contributed by atoms with Crippen molar-refractivity contribution in [2.24, 2.45) is 28.6 Å². The molecule has 4 rings (SSSR count). The fourth-order valence-electron chi connectivity index (χ4n) is 7.34. The molecule has 3 fully saturated rings. The maximum Gasteiger partial charge on any atom is 0.190 e. The van der Waals surface area contributed by atoms with Crippen molar-refractivity contribution in [3.63, 3.8) is 0 Å². The lowest BCUT2D eigenvalue weighted by molar-refractivity contribution is -0.184. The summed E-state index contributed by atoms with van der Waals surface area (Å²) in [5.41, 5.74) is -1.80. The summed E-state index contributed by atoms with van der Waals surface area (Å²) in [7, 11) is 0. The number of aliphatic hydroxyl groups excluding tert-OH is 3. The van der Waals surface area contributed by atoms with Gasteiger partial charge in [0.25, 0.3) is 0 Å². The molecular formula is C21H30O6. The number of hydrogen-bond acceptors (Lipinski definition) is 6. The summed E-state index contributed by atoms with van der Waals surface area (Å²) < 4.78 is 0. The molecule has 6 heteroatoms. The molecule has 4 aliphatic carbocycles. The van der Waals surface area contributed by atoms with Crippen LogP contribution in [0.4, 0.5) is 0 Å². The molecule has 150 valence electrons. The Bertz CT molecular complexity index is 715. The SMILES string of the molecule is C[C@]12C[C@@H](O)C(=O)C=C1CC[C@@H]1[C@@H]2[C@@H](O)C[C@@]2(C)[C@H]1CC[C@@]2(O)C(=O)CO. The van der Waals surface area contributed by atoms with E-state index in [0.29, 0.717) is 19.3 Å². The fourth-order valence-corrected chi connectivity index (χ4v) is 7.34. The number of allylic oxidation sites excluding steroid dienone is 1. The van der Waals surface area contributed by atoms with Gasteiger partial charge in [-0.25, -0.2) is 0 Å². The first-order valence-corrected chi connectivity index (χ1v) is 10.1. The van der Waals surface area contributed by atoms with E-state index >= 15 is 0 Å². The van der Waals surface area contributed by atoms with Crippen LogP contribution >= 0.6 is 0 Å². The quantitative estimate of drug-likeness (QED) is 0.564. The smallest absolute Gasteiger partial charge is 0.190 e. The third-order valence-electron chi connectivity index (χ3n) is 8.69. The Morgan fingerprint density at radius 1 is 1.22 bits per heavy atom. The van der Waals surface area contributed by atoms with E-state index in [1.165, 1.54) is 0 Å². The van der Waals surface area contributed by atoms with Crippen molar-refractivity contribution in [1.29, 1.82) is 0 Å². The molecule has 0 aromatic rings. The zero-order valence-corrected chi connectivity index (χ0v) is 16.0. The van der Waals surface area contributed by atoms with Crippen LogP contribution in [0.1, 0.15) is 52.4 Å². The van der Waals surface area contributed by atoms with Gasteiger partial charge in [-0.2, -0.15) is 0 Å². The van der Waals surface area contributed by atoms with Crippen LogP contribution in [-0.4, -0.2) is 56.4 Å². The standard InChI is InChI=1S/C21H30O6/c1-19-8-15(24)14(23)7-11(19)3-4-12-13-5-6-21(27,17(26)10-22)20(13,2)9-16(25)18(12)19/h7,12-13,15-16,18,22,24-25,27H,3-6,8-10H2,1-2H3/t12-,13-,15+,16-,18+,19-,20-,21+/m0/s1. The van der Waals surface area contributed by atoms with Crippen molar-refractivity contribution in [3.05, 3.63) is 11.6 Å². The van der Waals surface area contributed by atoms with Gasteiger partial charge in [0.15, 0.2) is 11.6 Å². The van der Waals surface area contributed by atoms with Crippen LogP contribution in [0.5, 0.6) is 0 Å². The van der Waals surface area contributed by atoms with Crippen LogP contribution in [0.3, 0.4) is 0 Å². The molecule has 6 nitrogen and oxygen atoms in total. The van der Waals surface area contributed by atoms with Gasteiger partial charge in [0.1, 0.15) is 18.3 Å². The Morgan fingerprint density at radius 2 is 1.93 bits per heavy atom. The molecule has 0 heterocycles. The number of rotatable bonds is 2. The Kier molecular flexibility index (Phi) is 4.25. The third-order valence-corrected chi connectivity index (χ3v) is 8.69. The topological polar surface area (TPSA) is 115 Å². The number of carbonyl (C=O) groups is 2. The predicted molar refractivity (Wildman–Crippen MR) is 96.5 cm³/mol. The normalized spacial score (nSPS) is 51.9. The van der Waals surface area contributed by atoms with Gasteiger partial charge >= 0.3 is 0 Å². The summed E-state index contributed by atoms with van der Waals surface area (Å²) in [6.45, 7) is 3.23. The van der Waals surface area contributed by atoms with Crippen molar-refractivity contribution in [1.82, 2.24) is 0 Å². The molecule has 0 aliphatic heterocycles. The first kappa shape index (κ1) is 19.2. The minimum absolute atomic E-state index is 0.0690. The van der Waals surface area contributed by atoms with Crippen LogP contribution in [0.25, 0.3) is 0 Å². The molecule has 0 radical (unpaired) electrons. The maximum absolute atomic E-state index is 12.4. The van der Waals surface area contributed by atoms with Crippen LogP contribution in [0, 0.1) is 28.6 Å². The van der Waals surface area contributed by atoms with E-state index in [-0.39, 0.29) is 30.0 Å². The molecule has 4 N–H and O–H groups in total.